The zero-order valence-electron chi connectivity index (χ0n) is 11.4. The lowest BCUT2D eigenvalue weighted by Gasteiger charge is -2.07. The smallest absolute Gasteiger partial charge is 0.134 e. The van der Waals surface area contributed by atoms with Gasteiger partial charge in [-0.1, -0.05) is 51.3 Å². The molecule has 112 valence electrons. The standard InChI is InChI=1S/C17H12BrCl2NO/c18-12-3-1-11(2-4-12)17-8-6-14(22-17)10-21-16-7-5-13(19)9-15(16)20/h1-9,21H,10H2. The van der Waals surface area contributed by atoms with E-state index in [-0.39, 0.29) is 0 Å². The highest BCUT2D eigenvalue weighted by atomic mass is 79.9. The maximum atomic E-state index is 6.13. The highest BCUT2D eigenvalue weighted by Gasteiger charge is 2.06. The molecule has 0 radical (unpaired) electrons. The Morgan fingerprint density at radius 2 is 1.73 bits per heavy atom. The summed E-state index contributed by atoms with van der Waals surface area (Å²) in [5.74, 6) is 1.68. The van der Waals surface area contributed by atoms with Crippen LogP contribution in [0.3, 0.4) is 0 Å². The Morgan fingerprint density at radius 3 is 2.45 bits per heavy atom. The zero-order valence-corrected chi connectivity index (χ0v) is 14.5. The molecular formula is C17H12BrCl2NO. The molecule has 0 fully saturated rings. The van der Waals surface area contributed by atoms with E-state index in [1.54, 1.807) is 12.1 Å². The average molecular weight is 397 g/mol. The highest BCUT2D eigenvalue weighted by Crippen LogP contribution is 2.27. The van der Waals surface area contributed by atoms with Crippen LogP contribution in [0.25, 0.3) is 11.3 Å². The fourth-order valence-electron chi connectivity index (χ4n) is 2.06. The number of hydrogen-bond donors (Lipinski definition) is 1. The van der Waals surface area contributed by atoms with Gasteiger partial charge < -0.3 is 9.73 Å². The molecule has 1 heterocycles. The van der Waals surface area contributed by atoms with Crippen molar-refractivity contribution in [2.24, 2.45) is 0 Å². The van der Waals surface area contributed by atoms with Crippen LogP contribution in [0.4, 0.5) is 5.69 Å². The lowest BCUT2D eigenvalue weighted by Crippen LogP contribution is -1.98. The van der Waals surface area contributed by atoms with Crippen molar-refractivity contribution in [3.63, 3.8) is 0 Å². The summed E-state index contributed by atoms with van der Waals surface area (Å²) in [6.07, 6.45) is 0. The predicted molar refractivity (Wildman–Crippen MR) is 95.6 cm³/mol. The van der Waals surface area contributed by atoms with Gasteiger partial charge in [0.25, 0.3) is 0 Å². The van der Waals surface area contributed by atoms with Crippen molar-refractivity contribution >= 4 is 44.8 Å². The number of benzene rings is 2. The molecule has 0 aliphatic carbocycles. The van der Waals surface area contributed by atoms with Gasteiger partial charge in [-0.3, -0.25) is 0 Å². The molecule has 0 amide bonds. The van der Waals surface area contributed by atoms with Crippen LogP contribution in [-0.4, -0.2) is 0 Å². The van der Waals surface area contributed by atoms with E-state index in [0.29, 0.717) is 16.6 Å². The fraction of sp³-hybridized carbons (Fsp3) is 0.0588. The van der Waals surface area contributed by atoms with Crippen LogP contribution >= 0.6 is 39.1 Å². The molecule has 0 saturated carbocycles. The van der Waals surface area contributed by atoms with Crippen LogP contribution in [0.2, 0.25) is 10.0 Å². The SMILES string of the molecule is Clc1ccc(NCc2ccc(-c3ccc(Br)cc3)o2)c(Cl)c1. The third-order valence-electron chi connectivity index (χ3n) is 3.17. The maximum absolute atomic E-state index is 6.13. The maximum Gasteiger partial charge on any atom is 0.134 e. The molecule has 5 heteroatoms. The van der Waals surface area contributed by atoms with Crippen molar-refractivity contribution in [1.29, 1.82) is 0 Å². The third-order valence-corrected chi connectivity index (χ3v) is 4.25. The van der Waals surface area contributed by atoms with Gasteiger partial charge in [0.15, 0.2) is 0 Å². The molecule has 0 spiro atoms. The average Bonchev–Trinajstić information content (AvgIpc) is 2.96. The summed E-state index contributed by atoms with van der Waals surface area (Å²) in [6.45, 7) is 0.553. The Morgan fingerprint density at radius 1 is 0.955 bits per heavy atom. The Hall–Kier alpha value is -1.42. The summed E-state index contributed by atoms with van der Waals surface area (Å²) >= 11 is 15.4. The molecule has 2 nitrogen and oxygen atoms in total. The first-order valence-corrected chi connectivity index (χ1v) is 8.20. The van der Waals surface area contributed by atoms with E-state index < -0.39 is 0 Å². The Bertz CT molecular complexity index is 784. The second-order valence-electron chi connectivity index (χ2n) is 4.75. The zero-order chi connectivity index (χ0) is 15.5. The van der Waals surface area contributed by atoms with Crippen LogP contribution in [0.15, 0.2) is 63.5 Å². The molecule has 0 unspecified atom stereocenters. The number of nitrogens with one attached hydrogen (secondary N) is 1. The lowest BCUT2D eigenvalue weighted by molar-refractivity contribution is 0.531. The van der Waals surface area contributed by atoms with Crippen LogP contribution in [0, 0.1) is 0 Å². The number of anilines is 1. The van der Waals surface area contributed by atoms with Crippen molar-refractivity contribution in [2.75, 3.05) is 5.32 Å². The second-order valence-corrected chi connectivity index (χ2v) is 6.51. The predicted octanol–water partition coefficient (Wildman–Crippen LogP) is 6.63. The summed E-state index contributed by atoms with van der Waals surface area (Å²) in [6, 6.07) is 17.3. The van der Waals surface area contributed by atoms with Gasteiger partial charge in [-0.25, -0.2) is 0 Å². The summed E-state index contributed by atoms with van der Waals surface area (Å²) in [4.78, 5) is 0. The van der Waals surface area contributed by atoms with Gasteiger partial charge in [0, 0.05) is 15.1 Å². The van der Waals surface area contributed by atoms with Crippen molar-refractivity contribution in [2.45, 2.75) is 6.54 Å². The number of halogens is 3. The van der Waals surface area contributed by atoms with Gasteiger partial charge in [0.05, 0.1) is 17.3 Å². The number of furan rings is 1. The van der Waals surface area contributed by atoms with E-state index in [4.69, 9.17) is 27.6 Å². The minimum Gasteiger partial charge on any atom is -0.459 e. The summed E-state index contributed by atoms with van der Waals surface area (Å²) in [5, 5.41) is 4.45. The van der Waals surface area contributed by atoms with Gasteiger partial charge in [0.2, 0.25) is 0 Å². The first-order chi connectivity index (χ1) is 10.6. The molecule has 1 N–H and O–H groups in total. The van der Waals surface area contributed by atoms with Crippen LogP contribution < -0.4 is 5.32 Å². The van der Waals surface area contributed by atoms with E-state index in [1.165, 1.54) is 0 Å². The first-order valence-electron chi connectivity index (χ1n) is 6.65. The quantitative estimate of drug-likeness (QED) is 0.535. The molecule has 0 atom stereocenters. The first kappa shape index (κ1) is 15.5. The van der Waals surface area contributed by atoms with Gasteiger partial charge in [-0.2, -0.15) is 0 Å². The van der Waals surface area contributed by atoms with Gasteiger partial charge in [-0.15, -0.1) is 0 Å². The van der Waals surface area contributed by atoms with Gasteiger partial charge >= 0.3 is 0 Å². The van der Waals surface area contributed by atoms with E-state index in [9.17, 15) is 0 Å². The van der Waals surface area contributed by atoms with E-state index in [0.717, 1.165) is 27.2 Å². The summed E-state index contributed by atoms with van der Waals surface area (Å²) in [7, 11) is 0. The molecule has 3 rings (SSSR count). The summed E-state index contributed by atoms with van der Waals surface area (Å²) in [5.41, 5.74) is 1.87. The van der Waals surface area contributed by atoms with E-state index in [1.807, 2.05) is 42.5 Å². The Kier molecular flexibility index (Phi) is 4.77. The van der Waals surface area contributed by atoms with E-state index >= 15 is 0 Å². The van der Waals surface area contributed by atoms with Crippen LogP contribution in [0.5, 0.6) is 0 Å². The Balaban J connectivity index is 1.70. The normalized spacial score (nSPS) is 10.7. The minimum atomic E-state index is 0.553. The Labute approximate surface area is 147 Å². The minimum absolute atomic E-state index is 0.553. The largest absolute Gasteiger partial charge is 0.459 e. The van der Waals surface area contributed by atoms with Crippen LogP contribution in [-0.2, 0) is 6.54 Å². The molecule has 1 aromatic heterocycles. The lowest BCUT2D eigenvalue weighted by atomic mass is 10.2. The van der Waals surface area contributed by atoms with Gasteiger partial charge in [0.1, 0.15) is 11.5 Å². The topological polar surface area (TPSA) is 25.2 Å². The van der Waals surface area contributed by atoms with Crippen molar-refractivity contribution < 1.29 is 4.42 Å². The second kappa shape index (κ2) is 6.78. The van der Waals surface area contributed by atoms with Crippen molar-refractivity contribution in [1.82, 2.24) is 0 Å². The molecule has 0 aliphatic rings. The van der Waals surface area contributed by atoms with Crippen molar-refractivity contribution in [3.05, 3.63) is 74.9 Å². The van der Waals surface area contributed by atoms with Crippen LogP contribution in [0.1, 0.15) is 5.76 Å². The molecule has 22 heavy (non-hydrogen) atoms. The molecule has 0 aliphatic heterocycles. The fourth-order valence-corrected chi connectivity index (χ4v) is 2.80. The molecular weight excluding hydrogens is 385 g/mol. The number of rotatable bonds is 4. The highest BCUT2D eigenvalue weighted by molar-refractivity contribution is 9.10. The monoisotopic (exact) mass is 395 g/mol. The molecule has 0 saturated heterocycles. The third kappa shape index (κ3) is 3.67. The molecule has 0 bridgehead atoms. The van der Waals surface area contributed by atoms with Crippen molar-refractivity contribution in [3.8, 4) is 11.3 Å². The number of hydrogen-bond acceptors (Lipinski definition) is 2. The molecule has 3 aromatic rings. The molecule has 2 aromatic carbocycles. The van der Waals surface area contributed by atoms with E-state index in [2.05, 4.69) is 21.2 Å². The summed E-state index contributed by atoms with van der Waals surface area (Å²) < 4.78 is 6.89. The van der Waals surface area contributed by atoms with Gasteiger partial charge in [-0.05, 0) is 42.5 Å².